The minimum Gasteiger partial charge on any atom is -0.207 e. The SMILES string of the molecule is Fc1cc(Br)ccc1C(Cl)c1ccc(Cl)cc1. The van der Waals surface area contributed by atoms with Crippen molar-refractivity contribution in [3.05, 3.63) is 68.9 Å². The Morgan fingerprint density at radius 1 is 1.06 bits per heavy atom. The highest BCUT2D eigenvalue weighted by Gasteiger charge is 2.15. The largest absolute Gasteiger partial charge is 0.207 e. The molecule has 0 aliphatic rings. The van der Waals surface area contributed by atoms with E-state index in [-0.39, 0.29) is 5.82 Å². The molecule has 2 rings (SSSR count). The molecule has 0 aliphatic heterocycles. The van der Waals surface area contributed by atoms with Crippen LogP contribution in [-0.4, -0.2) is 0 Å². The van der Waals surface area contributed by atoms with Gasteiger partial charge in [0.25, 0.3) is 0 Å². The highest BCUT2D eigenvalue weighted by molar-refractivity contribution is 9.10. The molecule has 0 heterocycles. The highest BCUT2D eigenvalue weighted by Crippen LogP contribution is 2.32. The van der Waals surface area contributed by atoms with Gasteiger partial charge in [-0.3, -0.25) is 0 Å². The number of halogens is 4. The van der Waals surface area contributed by atoms with Crippen LogP contribution in [0.1, 0.15) is 16.5 Å². The van der Waals surface area contributed by atoms with Crippen LogP contribution >= 0.6 is 39.1 Å². The van der Waals surface area contributed by atoms with Gasteiger partial charge < -0.3 is 0 Å². The number of hydrogen-bond donors (Lipinski definition) is 0. The van der Waals surface area contributed by atoms with E-state index in [1.54, 1.807) is 36.4 Å². The van der Waals surface area contributed by atoms with Gasteiger partial charge >= 0.3 is 0 Å². The first-order valence-corrected chi connectivity index (χ1v) is 6.53. The minimum atomic E-state index is -0.514. The maximum atomic E-state index is 13.7. The maximum Gasteiger partial charge on any atom is 0.129 e. The Morgan fingerprint density at radius 3 is 2.29 bits per heavy atom. The summed E-state index contributed by atoms with van der Waals surface area (Å²) < 4.78 is 14.4. The standard InChI is InChI=1S/C13H8BrCl2F/c14-9-3-6-11(12(17)7-9)13(16)8-1-4-10(15)5-2-8/h1-7,13H. The van der Waals surface area contributed by atoms with Crippen LogP contribution < -0.4 is 0 Å². The molecule has 0 bridgehead atoms. The van der Waals surface area contributed by atoms with E-state index in [4.69, 9.17) is 23.2 Å². The summed E-state index contributed by atoms with van der Waals surface area (Å²) >= 11 is 15.2. The molecule has 2 aromatic carbocycles. The second-order valence-electron chi connectivity index (χ2n) is 3.58. The van der Waals surface area contributed by atoms with Crippen LogP contribution in [0.15, 0.2) is 46.9 Å². The molecule has 4 heteroatoms. The lowest BCUT2D eigenvalue weighted by molar-refractivity contribution is 0.611. The van der Waals surface area contributed by atoms with Gasteiger partial charge in [0.05, 0.1) is 5.38 Å². The third-order valence-corrected chi connectivity index (χ3v) is 3.63. The zero-order valence-corrected chi connectivity index (χ0v) is 11.7. The van der Waals surface area contributed by atoms with Crippen LogP contribution in [0.3, 0.4) is 0 Å². The molecule has 0 spiro atoms. The Balaban J connectivity index is 2.36. The molecule has 0 aliphatic carbocycles. The quantitative estimate of drug-likeness (QED) is 0.630. The van der Waals surface area contributed by atoms with Crippen LogP contribution in [-0.2, 0) is 0 Å². The van der Waals surface area contributed by atoms with E-state index in [0.717, 1.165) is 5.56 Å². The highest BCUT2D eigenvalue weighted by atomic mass is 79.9. The number of hydrogen-bond acceptors (Lipinski definition) is 0. The first-order chi connectivity index (χ1) is 8.08. The van der Waals surface area contributed by atoms with Crippen molar-refractivity contribution >= 4 is 39.1 Å². The fourth-order valence-corrected chi connectivity index (χ4v) is 2.30. The van der Waals surface area contributed by atoms with Crippen molar-refractivity contribution < 1.29 is 4.39 Å². The molecule has 0 N–H and O–H groups in total. The van der Waals surface area contributed by atoms with E-state index < -0.39 is 5.38 Å². The average molecular weight is 334 g/mol. The van der Waals surface area contributed by atoms with E-state index in [2.05, 4.69) is 15.9 Å². The van der Waals surface area contributed by atoms with Gasteiger partial charge in [0.2, 0.25) is 0 Å². The molecule has 0 nitrogen and oxygen atoms in total. The molecule has 0 saturated heterocycles. The number of alkyl halides is 1. The van der Waals surface area contributed by atoms with Crippen molar-refractivity contribution in [2.24, 2.45) is 0 Å². The Kier molecular flexibility index (Phi) is 4.08. The van der Waals surface area contributed by atoms with E-state index in [0.29, 0.717) is 15.1 Å². The lowest BCUT2D eigenvalue weighted by Crippen LogP contribution is -1.96. The monoisotopic (exact) mass is 332 g/mol. The average Bonchev–Trinajstić information content (AvgIpc) is 2.29. The Bertz CT molecular complexity index is 525. The van der Waals surface area contributed by atoms with Crippen LogP contribution in [0.4, 0.5) is 4.39 Å². The molecule has 2 aromatic rings. The first kappa shape index (κ1) is 12.9. The van der Waals surface area contributed by atoms with Crippen LogP contribution in [0.25, 0.3) is 0 Å². The van der Waals surface area contributed by atoms with Crippen molar-refractivity contribution in [3.8, 4) is 0 Å². The summed E-state index contributed by atoms with van der Waals surface area (Å²) in [4.78, 5) is 0. The maximum absolute atomic E-state index is 13.7. The summed E-state index contributed by atoms with van der Waals surface area (Å²) in [5.74, 6) is -0.325. The van der Waals surface area contributed by atoms with E-state index in [1.807, 2.05) is 0 Å². The zero-order valence-electron chi connectivity index (χ0n) is 8.63. The summed E-state index contributed by atoms with van der Waals surface area (Å²) in [5.41, 5.74) is 1.27. The molecular formula is C13H8BrCl2F. The molecule has 17 heavy (non-hydrogen) atoms. The Morgan fingerprint density at radius 2 is 1.71 bits per heavy atom. The third-order valence-electron chi connectivity index (χ3n) is 2.40. The summed E-state index contributed by atoms with van der Waals surface area (Å²) in [6, 6.07) is 11.9. The van der Waals surface area contributed by atoms with E-state index in [1.165, 1.54) is 6.07 Å². The fourth-order valence-electron chi connectivity index (χ4n) is 1.52. The normalized spacial score (nSPS) is 12.5. The summed E-state index contributed by atoms with van der Waals surface area (Å²) in [5, 5.41) is 0.120. The summed E-state index contributed by atoms with van der Waals surface area (Å²) in [6.07, 6.45) is 0. The van der Waals surface area contributed by atoms with Gasteiger partial charge in [0.15, 0.2) is 0 Å². The smallest absolute Gasteiger partial charge is 0.129 e. The molecule has 0 aromatic heterocycles. The van der Waals surface area contributed by atoms with Gasteiger partial charge in [-0.25, -0.2) is 4.39 Å². The van der Waals surface area contributed by atoms with Crippen molar-refractivity contribution in [3.63, 3.8) is 0 Å². The molecule has 0 radical (unpaired) electrons. The molecule has 1 atom stereocenters. The van der Waals surface area contributed by atoms with Crippen LogP contribution in [0.2, 0.25) is 5.02 Å². The second-order valence-corrected chi connectivity index (χ2v) is 5.37. The molecule has 1 unspecified atom stereocenters. The summed E-state index contributed by atoms with van der Waals surface area (Å²) in [7, 11) is 0. The number of rotatable bonds is 2. The second kappa shape index (κ2) is 5.38. The lowest BCUT2D eigenvalue weighted by atomic mass is 10.0. The van der Waals surface area contributed by atoms with Crippen molar-refractivity contribution in [2.45, 2.75) is 5.38 Å². The molecule has 0 amide bonds. The van der Waals surface area contributed by atoms with Gasteiger partial charge in [-0.15, -0.1) is 11.6 Å². The predicted molar refractivity (Wildman–Crippen MR) is 73.2 cm³/mol. The van der Waals surface area contributed by atoms with E-state index >= 15 is 0 Å². The van der Waals surface area contributed by atoms with Crippen molar-refractivity contribution in [1.29, 1.82) is 0 Å². The lowest BCUT2D eigenvalue weighted by Gasteiger charge is -2.11. The van der Waals surface area contributed by atoms with Gasteiger partial charge in [-0.2, -0.15) is 0 Å². The first-order valence-electron chi connectivity index (χ1n) is 4.92. The van der Waals surface area contributed by atoms with E-state index in [9.17, 15) is 4.39 Å². The topological polar surface area (TPSA) is 0 Å². The van der Waals surface area contributed by atoms with Crippen molar-refractivity contribution in [2.75, 3.05) is 0 Å². The molecule has 88 valence electrons. The third kappa shape index (κ3) is 3.01. The Hall–Kier alpha value is -0.570. The van der Waals surface area contributed by atoms with Gasteiger partial charge in [0.1, 0.15) is 5.82 Å². The minimum absolute atomic E-state index is 0.325. The van der Waals surface area contributed by atoms with Gasteiger partial charge in [0, 0.05) is 15.1 Å². The van der Waals surface area contributed by atoms with Gasteiger partial charge in [-0.05, 0) is 29.8 Å². The van der Waals surface area contributed by atoms with Gasteiger partial charge in [-0.1, -0.05) is 45.7 Å². The summed E-state index contributed by atoms with van der Waals surface area (Å²) in [6.45, 7) is 0. The van der Waals surface area contributed by atoms with Crippen LogP contribution in [0, 0.1) is 5.82 Å². The fraction of sp³-hybridized carbons (Fsp3) is 0.0769. The van der Waals surface area contributed by atoms with Crippen LogP contribution in [0.5, 0.6) is 0 Å². The van der Waals surface area contributed by atoms with Crippen molar-refractivity contribution in [1.82, 2.24) is 0 Å². The molecule has 0 saturated carbocycles. The zero-order chi connectivity index (χ0) is 12.4. The number of benzene rings is 2. The molecule has 0 fully saturated rings. The predicted octanol–water partition coefficient (Wildman–Crippen LogP) is 5.57. The molecular weight excluding hydrogens is 326 g/mol. The Labute approximate surface area is 117 Å².